The van der Waals surface area contributed by atoms with Crippen LogP contribution in [0.25, 0.3) is 10.9 Å². The summed E-state index contributed by atoms with van der Waals surface area (Å²) in [7, 11) is 5.23. The summed E-state index contributed by atoms with van der Waals surface area (Å²) in [4.78, 5) is 228. The van der Waals surface area contributed by atoms with E-state index < -0.39 is 193 Å². The molecule has 9 rings (SSSR count). The molecule has 0 radical (unpaired) electrons. The van der Waals surface area contributed by atoms with E-state index in [4.69, 9.17) is 5.73 Å². The van der Waals surface area contributed by atoms with Gasteiger partial charge in [0, 0.05) is 89.6 Å². The van der Waals surface area contributed by atoms with Gasteiger partial charge in [-0.15, -0.1) is 16.9 Å². The van der Waals surface area contributed by atoms with Crippen LogP contribution in [0.1, 0.15) is 118 Å². The first-order valence-corrected chi connectivity index (χ1v) is 44.0. The molecule has 6 aromatic carbocycles. The molecule has 8 aromatic rings. The molecule has 130 heavy (non-hydrogen) atoms. The number of hydrogen-bond donors (Lipinski definition) is 14. The molecule has 1 aliphatic rings. The normalized spacial score (nSPS) is 21.6. The maximum atomic E-state index is 15.7. The lowest BCUT2D eigenvalue weighted by molar-refractivity contribution is -0.147. The smallest absolute Gasteiger partial charge is 0.305 e. The van der Waals surface area contributed by atoms with Gasteiger partial charge >= 0.3 is 5.97 Å². The number of amides is 14. The molecule has 1 unspecified atom stereocenters. The first kappa shape index (κ1) is 99.7. The third-order valence-corrected chi connectivity index (χ3v) is 23.1. The molecule has 14 amide bonds. The van der Waals surface area contributed by atoms with Crippen LogP contribution in [-0.4, -0.2) is 262 Å². The van der Waals surface area contributed by atoms with Crippen molar-refractivity contribution < 1.29 is 87.2 Å². The van der Waals surface area contributed by atoms with Crippen LogP contribution >= 0.6 is 11.8 Å². The highest BCUT2D eigenvalue weighted by molar-refractivity contribution is 8.00. The number of phenols is 2. The van der Waals surface area contributed by atoms with Crippen LogP contribution in [0.3, 0.4) is 0 Å². The Morgan fingerprint density at radius 2 is 0.977 bits per heavy atom. The second kappa shape index (κ2) is 48.2. The number of carboxylic acid groups (broad SMARTS) is 1. The van der Waals surface area contributed by atoms with Crippen molar-refractivity contribution in [3.8, 4) is 11.5 Å². The summed E-state index contributed by atoms with van der Waals surface area (Å²) in [6.45, 7) is 6.25. The lowest BCUT2D eigenvalue weighted by Crippen LogP contribution is -2.61. The Balaban J connectivity index is 1.12. The number of aromatic hydroxyl groups is 2. The number of carbonyl (C=O) groups excluding carboxylic acids is 14. The number of H-pyrrole nitrogens is 1. The second-order valence-corrected chi connectivity index (χ2v) is 34.1. The molecule has 0 saturated carbocycles. The van der Waals surface area contributed by atoms with Crippen molar-refractivity contribution in [3.63, 3.8) is 0 Å². The molecule has 1 aliphatic heterocycles. The number of hydrogen-bond acceptors (Lipinski definition) is 21. The standard InChI is InChI=1S/C92H115N19O18S/c1-10-11-31-73-90(127)108(7)51-78(116)98-70(47-80(118)119)87(124)103-81(55(4)5)92(129)110(9)74(44-57-25-17-13-18-26-57)88(125)101-71(43-60-34-38-63(113)39-35-60)89(126)107(6)50-77(115)97-69(46-61-48-94-65-30-22-21-29-64(61)65)86(123)100-68(42-59-32-36-62(112)37-33-59)85(122)99-67(40-54(2)3)84(121)102-72(83(120)95-49-76(93)114)52-130-53-79(117)96-66(41-56-23-15-12-16-24-56)82-104-105-106-111(82)75(91(128)109(73)8)45-58-27-19-14-20-28-58/h12-30,32-39,48,54-55,66-75,81,94,112-113H,10-11,31,40-47,49-53H2,1-9H3,(H2,93,114)(H,95,120)(H,96,117)(H,97,115)(H,98,116)(H,99,122)(H,100,123)(H,101,125)(H,102,121)(H,103,124)(H,118,119)/t66?,67-,68-,69-,70-,71-,72-,73-,74-,75-,81-/m0/s1. The summed E-state index contributed by atoms with van der Waals surface area (Å²) in [6, 6.07) is 28.1. The van der Waals surface area contributed by atoms with E-state index in [1.165, 1.54) is 86.3 Å². The second-order valence-electron chi connectivity index (χ2n) is 33.1. The van der Waals surface area contributed by atoms with Crippen molar-refractivity contribution in [2.45, 2.75) is 172 Å². The van der Waals surface area contributed by atoms with Crippen LogP contribution in [0.15, 0.2) is 170 Å². The van der Waals surface area contributed by atoms with Crippen LogP contribution in [0.2, 0.25) is 0 Å². The van der Waals surface area contributed by atoms with Crippen LogP contribution in [0.5, 0.6) is 11.5 Å². The molecule has 0 aliphatic carbocycles. The van der Waals surface area contributed by atoms with Gasteiger partial charge in [0.2, 0.25) is 82.7 Å². The number of phenolic OH excluding ortho intramolecular Hbond substituents is 2. The quantitative estimate of drug-likeness (QED) is 0.0437. The van der Waals surface area contributed by atoms with Gasteiger partial charge in [0.25, 0.3) is 0 Å². The zero-order chi connectivity index (χ0) is 94.4. The number of rotatable bonds is 23. The van der Waals surface area contributed by atoms with Gasteiger partial charge in [-0.3, -0.25) is 71.9 Å². The maximum absolute atomic E-state index is 15.7. The fourth-order valence-corrected chi connectivity index (χ4v) is 16.0. The highest BCUT2D eigenvalue weighted by Crippen LogP contribution is 2.28. The molecule has 0 spiro atoms. The van der Waals surface area contributed by atoms with Gasteiger partial charge in [0.1, 0.15) is 71.9 Å². The van der Waals surface area contributed by atoms with Crippen LogP contribution in [0, 0.1) is 11.8 Å². The number of likely N-dealkylation sites (N-methyl/N-ethyl adjacent to an activating group) is 4. The summed E-state index contributed by atoms with van der Waals surface area (Å²) in [6.07, 6.45) is 0.367. The molecule has 11 atom stereocenters. The van der Waals surface area contributed by atoms with Crippen LogP contribution in [-0.2, 0) is 110 Å². The molecular formula is C92H115N19O18S. The van der Waals surface area contributed by atoms with Crippen molar-refractivity contribution in [1.82, 2.24) is 92.6 Å². The minimum Gasteiger partial charge on any atom is -0.508 e. The number of fused-ring (bicyclic) bond motifs is 2. The number of unbranched alkanes of at least 4 members (excludes halogenated alkanes) is 1. The van der Waals surface area contributed by atoms with Crippen molar-refractivity contribution in [3.05, 3.63) is 209 Å². The SMILES string of the molecule is CCCC[C@H]1C(=O)N(C)CC(=O)N[C@@H](CC(=O)O)C(=O)N[C@@H](C(C)C)C(=O)N(C)[C@@H](Cc2ccccc2)C(=O)N[C@@H](Cc2ccc(O)cc2)C(=O)N(C)CC(=O)N[C@@H](Cc2c[nH]c3ccccc23)C(=O)N[C@@H](Cc2ccc(O)cc2)C(=O)N[C@@H](CC(C)C)C(=O)N[C@H](C(=O)NCC(N)=O)CSCC(=O)NC(Cc2ccccc2)c2nnnn2[C@@H](Cc2ccccc2)C(=O)N1C. The fourth-order valence-electron chi connectivity index (χ4n) is 15.1. The molecule has 38 heteroatoms. The first-order valence-electron chi connectivity index (χ1n) is 42.8. The molecule has 0 bridgehead atoms. The Hall–Kier alpha value is -14.1. The predicted molar refractivity (Wildman–Crippen MR) is 481 cm³/mol. The van der Waals surface area contributed by atoms with Gasteiger partial charge in [0.05, 0.1) is 37.8 Å². The van der Waals surface area contributed by atoms with Crippen LogP contribution in [0.4, 0.5) is 0 Å². The minimum absolute atomic E-state index is 0.0172. The Labute approximate surface area is 756 Å². The van der Waals surface area contributed by atoms with E-state index >= 15 is 38.4 Å². The average Bonchev–Trinajstić information content (AvgIpc) is 1.59. The third kappa shape index (κ3) is 29.2. The number of thioether (sulfide) groups is 1. The summed E-state index contributed by atoms with van der Waals surface area (Å²) in [5.41, 5.74) is 9.28. The highest BCUT2D eigenvalue weighted by Gasteiger charge is 2.42. The molecule has 3 heterocycles. The highest BCUT2D eigenvalue weighted by atomic mass is 32.2. The molecule has 0 saturated heterocycles. The summed E-state index contributed by atoms with van der Waals surface area (Å²) in [5.74, 6) is -16.3. The number of aliphatic carboxylic acids is 1. The largest absolute Gasteiger partial charge is 0.508 e. The van der Waals surface area contributed by atoms with Gasteiger partial charge < -0.3 is 93.5 Å². The van der Waals surface area contributed by atoms with Gasteiger partial charge in [-0.25, -0.2) is 4.68 Å². The number of para-hydroxylation sites is 1. The molecule has 2 aromatic heterocycles. The maximum Gasteiger partial charge on any atom is 0.305 e. The number of aromatic amines is 1. The average molecular weight is 1810 g/mol. The number of nitrogens with one attached hydrogen (secondary N) is 10. The Morgan fingerprint density at radius 3 is 1.54 bits per heavy atom. The molecular weight excluding hydrogens is 1690 g/mol. The number of benzene rings is 6. The van der Waals surface area contributed by atoms with Gasteiger partial charge in [-0.05, 0) is 98.8 Å². The van der Waals surface area contributed by atoms with Gasteiger partial charge in [0.15, 0.2) is 5.82 Å². The summed E-state index contributed by atoms with van der Waals surface area (Å²) >= 11 is 0.877. The molecule has 37 nitrogen and oxygen atoms in total. The number of primary amides is 1. The van der Waals surface area contributed by atoms with E-state index in [2.05, 4.69) is 68.4 Å². The number of tetrazole rings is 1. The summed E-state index contributed by atoms with van der Waals surface area (Å²) in [5, 5.41) is 68.8. The topological polar surface area (TPSA) is 523 Å². The Morgan fingerprint density at radius 1 is 0.500 bits per heavy atom. The van der Waals surface area contributed by atoms with E-state index in [1.807, 2.05) is 6.92 Å². The lowest BCUT2D eigenvalue weighted by Gasteiger charge is -2.34. The Kier molecular flexibility index (Phi) is 37.0. The fraction of sp³-hybridized carbons (Fsp3) is 0.413. The van der Waals surface area contributed by atoms with Crippen molar-refractivity contribution in [1.29, 1.82) is 0 Å². The first-order chi connectivity index (χ1) is 62.0. The van der Waals surface area contributed by atoms with E-state index in [0.29, 0.717) is 57.1 Å². The predicted octanol–water partition coefficient (Wildman–Crippen LogP) is 2.40. The number of nitrogens with two attached hydrogens (primary N) is 1. The van der Waals surface area contributed by atoms with E-state index in [-0.39, 0.29) is 80.4 Å². The lowest BCUT2D eigenvalue weighted by atomic mass is 9.98. The zero-order valence-electron chi connectivity index (χ0n) is 74.0. The van der Waals surface area contributed by atoms with Gasteiger partial charge in [-0.2, -0.15) is 0 Å². The van der Waals surface area contributed by atoms with E-state index in [1.54, 1.807) is 149 Å². The third-order valence-electron chi connectivity index (χ3n) is 22.1. The summed E-state index contributed by atoms with van der Waals surface area (Å²) < 4.78 is 1.25. The number of carbonyl (C=O) groups is 15. The molecule has 15 N–H and O–H groups in total. The number of nitrogens with zero attached hydrogens (tertiary/aromatic N) is 8. The van der Waals surface area contributed by atoms with Crippen LogP contribution < -0.4 is 53.6 Å². The van der Waals surface area contributed by atoms with E-state index in [9.17, 15) is 48.9 Å². The molecule has 692 valence electrons. The minimum atomic E-state index is -1.90. The van der Waals surface area contributed by atoms with E-state index in [0.717, 1.165) is 26.5 Å². The number of aromatic nitrogens is 5. The van der Waals surface area contributed by atoms with Crippen molar-refractivity contribution >= 4 is 111 Å². The Bertz CT molecular complexity index is 5260. The number of carboxylic acids is 1. The zero-order valence-corrected chi connectivity index (χ0v) is 74.8. The van der Waals surface area contributed by atoms with Gasteiger partial charge in [-0.1, -0.05) is 181 Å². The monoisotopic (exact) mass is 1810 g/mol. The van der Waals surface area contributed by atoms with Crippen molar-refractivity contribution in [2.24, 2.45) is 17.6 Å². The molecule has 0 fully saturated rings. The van der Waals surface area contributed by atoms with Crippen molar-refractivity contribution in [2.75, 3.05) is 59.3 Å².